The molecule has 1 unspecified atom stereocenters. The van der Waals surface area contributed by atoms with Crippen LogP contribution in [0.1, 0.15) is 49.8 Å². The van der Waals surface area contributed by atoms with Crippen LogP contribution >= 0.6 is 12.4 Å². The highest BCUT2D eigenvalue weighted by Gasteiger charge is 2.21. The van der Waals surface area contributed by atoms with E-state index in [0.29, 0.717) is 26.1 Å². The van der Waals surface area contributed by atoms with Crippen LogP contribution in [-0.4, -0.2) is 19.1 Å². The van der Waals surface area contributed by atoms with Gasteiger partial charge < -0.3 is 20.5 Å². The number of amides is 1. The zero-order valence-electron chi connectivity index (χ0n) is 16.3. The first-order chi connectivity index (χ1) is 13.2. The second-order valence-corrected chi connectivity index (χ2v) is 6.80. The Bertz CT molecular complexity index is 782. The van der Waals surface area contributed by atoms with E-state index in [9.17, 15) is 4.79 Å². The first-order valence-electron chi connectivity index (χ1n) is 9.69. The monoisotopic (exact) mass is 404 g/mol. The predicted octanol–water partition coefficient (Wildman–Crippen LogP) is 4.44. The maximum atomic E-state index is 12.4. The van der Waals surface area contributed by atoms with Gasteiger partial charge in [0.25, 0.3) is 0 Å². The molecular weight excluding hydrogens is 376 g/mol. The molecule has 1 aliphatic carbocycles. The van der Waals surface area contributed by atoms with Gasteiger partial charge in [0.05, 0.1) is 19.3 Å². The Morgan fingerprint density at radius 3 is 2.68 bits per heavy atom. The molecule has 0 heterocycles. The molecule has 5 nitrogen and oxygen atoms in total. The number of carbonyl (C=O) groups is 1. The van der Waals surface area contributed by atoms with E-state index in [1.54, 1.807) is 0 Å². The van der Waals surface area contributed by atoms with Crippen molar-refractivity contribution in [1.82, 2.24) is 5.32 Å². The number of para-hydroxylation sites is 2. The number of hydrogen-bond acceptors (Lipinski definition) is 4. The molecular formula is C22H29ClN2O3. The van der Waals surface area contributed by atoms with E-state index in [1.807, 2.05) is 49.4 Å². The first kappa shape index (κ1) is 21.9. The summed E-state index contributed by atoms with van der Waals surface area (Å²) in [4.78, 5) is 12.4. The zero-order chi connectivity index (χ0) is 19.1. The Kier molecular flexibility index (Phi) is 8.45. The molecule has 0 spiro atoms. The van der Waals surface area contributed by atoms with Gasteiger partial charge in [0.1, 0.15) is 0 Å². The molecule has 1 aliphatic rings. The predicted molar refractivity (Wildman–Crippen MR) is 114 cm³/mol. The quantitative estimate of drug-likeness (QED) is 0.503. The van der Waals surface area contributed by atoms with Gasteiger partial charge in [-0.3, -0.25) is 4.79 Å². The molecule has 1 amide bonds. The number of hydrogen-bond donors (Lipinski definition) is 2. The van der Waals surface area contributed by atoms with Crippen LogP contribution in [0, 0.1) is 0 Å². The van der Waals surface area contributed by atoms with Crippen molar-refractivity contribution in [3.05, 3.63) is 53.6 Å². The summed E-state index contributed by atoms with van der Waals surface area (Å²) in [5.41, 5.74) is 9.11. The van der Waals surface area contributed by atoms with Gasteiger partial charge >= 0.3 is 0 Å². The van der Waals surface area contributed by atoms with E-state index in [4.69, 9.17) is 15.2 Å². The average Bonchev–Trinajstić information content (AvgIpc) is 2.66. The minimum Gasteiger partial charge on any atom is -0.490 e. The second kappa shape index (κ2) is 10.8. The van der Waals surface area contributed by atoms with Crippen LogP contribution in [0.2, 0.25) is 0 Å². The number of aryl methyl sites for hydroxylation is 1. The molecule has 0 bridgehead atoms. The first-order valence-corrected chi connectivity index (χ1v) is 9.69. The number of nitrogens with two attached hydrogens (primary N) is 1. The highest BCUT2D eigenvalue weighted by Crippen LogP contribution is 2.31. The van der Waals surface area contributed by atoms with Crippen molar-refractivity contribution >= 4 is 24.0 Å². The third-order valence-corrected chi connectivity index (χ3v) is 4.77. The fraction of sp³-hybridized carbons (Fsp3) is 0.409. The summed E-state index contributed by atoms with van der Waals surface area (Å²) in [5.74, 6) is 1.52. The van der Waals surface area contributed by atoms with Crippen molar-refractivity contribution in [2.24, 2.45) is 0 Å². The van der Waals surface area contributed by atoms with Crippen LogP contribution in [0.5, 0.6) is 11.5 Å². The van der Waals surface area contributed by atoms with Gasteiger partial charge in [0.2, 0.25) is 5.91 Å². The Hall–Kier alpha value is -2.40. The minimum absolute atomic E-state index is 0. The standard InChI is InChI=1S/C22H28N2O3.ClH/c1-2-26-20-9-3-4-10-21(20)27-14-6-11-22(25)24-19-8-5-7-16-15-17(23)12-13-18(16)19;/h3-4,9-10,12-13,15,19H,2,5-8,11,14,23H2,1H3,(H,24,25);1H. The smallest absolute Gasteiger partial charge is 0.220 e. The highest BCUT2D eigenvalue weighted by atomic mass is 35.5. The summed E-state index contributed by atoms with van der Waals surface area (Å²) in [6, 6.07) is 13.7. The Morgan fingerprint density at radius 2 is 1.93 bits per heavy atom. The Balaban J connectivity index is 0.00000280. The summed E-state index contributed by atoms with van der Waals surface area (Å²) >= 11 is 0. The molecule has 0 fully saturated rings. The van der Waals surface area contributed by atoms with E-state index in [0.717, 1.165) is 36.4 Å². The molecule has 0 saturated heterocycles. The lowest BCUT2D eigenvalue weighted by atomic mass is 9.87. The van der Waals surface area contributed by atoms with Crippen LogP contribution in [-0.2, 0) is 11.2 Å². The number of halogens is 1. The Labute approximate surface area is 173 Å². The fourth-order valence-corrected chi connectivity index (χ4v) is 3.51. The summed E-state index contributed by atoms with van der Waals surface area (Å²) in [6.07, 6.45) is 4.17. The number of ether oxygens (including phenoxy) is 2. The molecule has 3 rings (SSSR count). The maximum Gasteiger partial charge on any atom is 0.220 e. The Morgan fingerprint density at radius 1 is 1.18 bits per heavy atom. The van der Waals surface area contributed by atoms with E-state index in [2.05, 4.69) is 5.32 Å². The zero-order valence-corrected chi connectivity index (χ0v) is 17.1. The van der Waals surface area contributed by atoms with Gasteiger partial charge in [0, 0.05) is 12.1 Å². The number of benzene rings is 2. The van der Waals surface area contributed by atoms with Crippen LogP contribution in [0.25, 0.3) is 0 Å². The second-order valence-electron chi connectivity index (χ2n) is 6.80. The van der Waals surface area contributed by atoms with E-state index in [1.165, 1.54) is 11.1 Å². The van der Waals surface area contributed by atoms with Gasteiger partial charge in [0.15, 0.2) is 11.5 Å². The van der Waals surface area contributed by atoms with Crippen LogP contribution in [0.3, 0.4) is 0 Å². The largest absolute Gasteiger partial charge is 0.490 e. The van der Waals surface area contributed by atoms with Crippen molar-refractivity contribution in [3.8, 4) is 11.5 Å². The van der Waals surface area contributed by atoms with Gasteiger partial charge in [-0.05, 0) is 68.0 Å². The van der Waals surface area contributed by atoms with Crippen molar-refractivity contribution in [1.29, 1.82) is 0 Å². The maximum absolute atomic E-state index is 12.4. The van der Waals surface area contributed by atoms with Crippen LogP contribution in [0.15, 0.2) is 42.5 Å². The molecule has 1 atom stereocenters. The number of fused-ring (bicyclic) bond motifs is 1. The SMILES string of the molecule is CCOc1ccccc1OCCCC(=O)NC1CCCc2cc(N)ccc21.Cl. The lowest BCUT2D eigenvalue weighted by molar-refractivity contribution is -0.122. The van der Waals surface area contributed by atoms with Crippen molar-refractivity contribution in [2.75, 3.05) is 18.9 Å². The minimum atomic E-state index is 0. The van der Waals surface area contributed by atoms with E-state index in [-0.39, 0.29) is 24.4 Å². The fourth-order valence-electron chi connectivity index (χ4n) is 3.51. The third-order valence-electron chi connectivity index (χ3n) is 4.77. The van der Waals surface area contributed by atoms with Gasteiger partial charge in [-0.2, -0.15) is 0 Å². The molecule has 152 valence electrons. The van der Waals surface area contributed by atoms with Crippen LogP contribution in [0.4, 0.5) is 5.69 Å². The van der Waals surface area contributed by atoms with Gasteiger partial charge in [-0.25, -0.2) is 0 Å². The summed E-state index contributed by atoms with van der Waals surface area (Å²) in [5, 5.41) is 3.16. The van der Waals surface area contributed by atoms with E-state index >= 15 is 0 Å². The van der Waals surface area contributed by atoms with Crippen molar-refractivity contribution in [3.63, 3.8) is 0 Å². The number of nitrogens with one attached hydrogen (secondary N) is 1. The van der Waals surface area contributed by atoms with Gasteiger partial charge in [-0.1, -0.05) is 18.2 Å². The summed E-state index contributed by atoms with van der Waals surface area (Å²) in [6.45, 7) is 3.02. The van der Waals surface area contributed by atoms with Crippen molar-refractivity contribution in [2.45, 2.75) is 45.1 Å². The number of rotatable bonds is 8. The topological polar surface area (TPSA) is 73.6 Å². The lowest BCUT2D eigenvalue weighted by Crippen LogP contribution is -2.31. The molecule has 0 aromatic heterocycles. The highest BCUT2D eigenvalue weighted by molar-refractivity contribution is 5.85. The summed E-state index contributed by atoms with van der Waals surface area (Å²) in [7, 11) is 0. The number of nitrogen functional groups attached to an aromatic ring is 1. The molecule has 6 heteroatoms. The molecule has 2 aromatic rings. The molecule has 0 aliphatic heterocycles. The normalized spacial score (nSPS) is 15.1. The summed E-state index contributed by atoms with van der Waals surface area (Å²) < 4.78 is 11.3. The molecule has 0 saturated carbocycles. The van der Waals surface area contributed by atoms with Crippen LogP contribution < -0.4 is 20.5 Å². The lowest BCUT2D eigenvalue weighted by Gasteiger charge is -2.26. The van der Waals surface area contributed by atoms with E-state index < -0.39 is 0 Å². The number of carbonyl (C=O) groups excluding carboxylic acids is 1. The number of anilines is 1. The average molecular weight is 405 g/mol. The molecule has 3 N–H and O–H groups in total. The third kappa shape index (κ3) is 5.80. The van der Waals surface area contributed by atoms with Crippen molar-refractivity contribution < 1.29 is 14.3 Å². The molecule has 2 aromatic carbocycles. The molecule has 28 heavy (non-hydrogen) atoms. The van der Waals surface area contributed by atoms with Gasteiger partial charge in [-0.15, -0.1) is 12.4 Å². The molecule has 0 radical (unpaired) electrons.